The highest BCUT2D eigenvalue weighted by Gasteiger charge is 2.19. The van der Waals surface area contributed by atoms with Gasteiger partial charge in [-0.1, -0.05) is 0 Å². The van der Waals surface area contributed by atoms with Gasteiger partial charge in [0.2, 0.25) is 0 Å². The van der Waals surface area contributed by atoms with Crippen LogP contribution in [0.1, 0.15) is 34.8 Å². The van der Waals surface area contributed by atoms with Crippen LogP contribution in [0.2, 0.25) is 0 Å². The van der Waals surface area contributed by atoms with Gasteiger partial charge >= 0.3 is 5.97 Å². The summed E-state index contributed by atoms with van der Waals surface area (Å²) in [6, 6.07) is 1.68. The Morgan fingerprint density at radius 1 is 1.50 bits per heavy atom. The van der Waals surface area contributed by atoms with Crippen LogP contribution in [0, 0.1) is 6.92 Å². The molecular weight excluding hydrogens is 210 g/mol. The maximum atomic E-state index is 11.5. The molecule has 0 aliphatic heterocycles. The highest BCUT2D eigenvalue weighted by Crippen LogP contribution is 2.25. The molecule has 0 amide bonds. The number of hydrogen-bond acceptors (Lipinski definition) is 5. The number of pyridine rings is 1. The first-order chi connectivity index (χ1) is 7.51. The average Bonchev–Trinajstić information content (AvgIpc) is 2.26. The van der Waals surface area contributed by atoms with Gasteiger partial charge in [0.15, 0.2) is 11.4 Å². The van der Waals surface area contributed by atoms with Crippen LogP contribution in [0.25, 0.3) is 0 Å². The zero-order valence-electron chi connectivity index (χ0n) is 9.77. The van der Waals surface area contributed by atoms with E-state index in [1.54, 1.807) is 19.9 Å². The molecule has 0 aromatic carbocycles. The van der Waals surface area contributed by atoms with Crippen molar-refractivity contribution in [1.29, 1.82) is 0 Å². The summed E-state index contributed by atoms with van der Waals surface area (Å²) in [6.07, 6.45) is -0.743. The van der Waals surface area contributed by atoms with Crippen LogP contribution in [0.15, 0.2) is 6.07 Å². The van der Waals surface area contributed by atoms with Gasteiger partial charge in [0.05, 0.1) is 26.0 Å². The number of aryl methyl sites for hydroxylation is 1. The first-order valence-electron chi connectivity index (χ1n) is 4.83. The Morgan fingerprint density at radius 3 is 2.56 bits per heavy atom. The van der Waals surface area contributed by atoms with Gasteiger partial charge in [-0.15, -0.1) is 0 Å². The first-order valence-corrected chi connectivity index (χ1v) is 4.83. The molecule has 0 saturated carbocycles. The van der Waals surface area contributed by atoms with Crippen molar-refractivity contribution in [2.45, 2.75) is 20.0 Å². The van der Waals surface area contributed by atoms with E-state index >= 15 is 0 Å². The molecule has 5 nitrogen and oxygen atoms in total. The number of aliphatic hydroxyl groups excluding tert-OH is 1. The maximum absolute atomic E-state index is 11.5. The fourth-order valence-corrected chi connectivity index (χ4v) is 1.39. The van der Waals surface area contributed by atoms with Crippen LogP contribution in [0.3, 0.4) is 0 Å². The van der Waals surface area contributed by atoms with Gasteiger partial charge in [0.1, 0.15) is 0 Å². The fraction of sp³-hybridized carbons (Fsp3) is 0.455. The molecule has 16 heavy (non-hydrogen) atoms. The molecule has 1 heterocycles. The van der Waals surface area contributed by atoms with Crippen molar-refractivity contribution in [3.63, 3.8) is 0 Å². The van der Waals surface area contributed by atoms with Crippen LogP contribution >= 0.6 is 0 Å². The van der Waals surface area contributed by atoms with E-state index in [0.29, 0.717) is 11.4 Å². The molecule has 5 heteroatoms. The molecule has 1 aromatic rings. The lowest BCUT2D eigenvalue weighted by atomic mass is 10.1. The second-order valence-electron chi connectivity index (χ2n) is 3.41. The van der Waals surface area contributed by atoms with Crippen molar-refractivity contribution in [3.8, 4) is 5.75 Å². The molecule has 0 bridgehead atoms. The SMILES string of the molecule is COC(=O)c1nc(C(C)O)cc(C)c1OC. The summed E-state index contributed by atoms with van der Waals surface area (Å²) in [4.78, 5) is 15.5. The third-order valence-electron chi connectivity index (χ3n) is 2.19. The number of rotatable bonds is 3. The molecule has 0 saturated heterocycles. The summed E-state index contributed by atoms with van der Waals surface area (Å²) < 4.78 is 9.69. The van der Waals surface area contributed by atoms with E-state index in [1.165, 1.54) is 14.2 Å². The lowest BCUT2D eigenvalue weighted by Crippen LogP contribution is -2.11. The quantitative estimate of drug-likeness (QED) is 0.784. The van der Waals surface area contributed by atoms with Gasteiger partial charge < -0.3 is 14.6 Å². The van der Waals surface area contributed by atoms with E-state index in [9.17, 15) is 9.90 Å². The summed E-state index contributed by atoms with van der Waals surface area (Å²) in [5.74, 6) is -0.210. The van der Waals surface area contributed by atoms with Crippen molar-refractivity contribution in [1.82, 2.24) is 4.98 Å². The number of hydrogen-bond donors (Lipinski definition) is 1. The van der Waals surface area contributed by atoms with Crippen molar-refractivity contribution >= 4 is 5.97 Å². The fourth-order valence-electron chi connectivity index (χ4n) is 1.39. The number of ether oxygens (including phenoxy) is 2. The van der Waals surface area contributed by atoms with Crippen molar-refractivity contribution in [3.05, 3.63) is 23.0 Å². The van der Waals surface area contributed by atoms with E-state index in [1.807, 2.05) is 0 Å². The molecule has 0 fully saturated rings. The number of methoxy groups -OCH3 is 2. The number of nitrogens with zero attached hydrogens (tertiary/aromatic N) is 1. The molecular formula is C11H15NO4. The van der Waals surface area contributed by atoms with Crippen LogP contribution in [-0.4, -0.2) is 30.3 Å². The molecule has 1 unspecified atom stereocenters. The second-order valence-corrected chi connectivity index (χ2v) is 3.41. The Labute approximate surface area is 94.0 Å². The molecule has 0 aliphatic rings. The van der Waals surface area contributed by atoms with Gasteiger partial charge in [-0.25, -0.2) is 9.78 Å². The van der Waals surface area contributed by atoms with Crippen molar-refractivity contribution < 1.29 is 19.4 Å². The lowest BCUT2D eigenvalue weighted by molar-refractivity contribution is 0.0588. The van der Waals surface area contributed by atoms with Crippen LogP contribution in [0.5, 0.6) is 5.75 Å². The normalized spacial score (nSPS) is 12.1. The summed E-state index contributed by atoms with van der Waals surface area (Å²) in [5, 5.41) is 9.44. The monoisotopic (exact) mass is 225 g/mol. The predicted octanol–water partition coefficient (Wildman–Crippen LogP) is 1.24. The minimum atomic E-state index is -0.743. The number of carbonyl (C=O) groups excluding carboxylic acids is 1. The van der Waals surface area contributed by atoms with Crippen molar-refractivity contribution in [2.24, 2.45) is 0 Å². The van der Waals surface area contributed by atoms with E-state index in [0.717, 1.165) is 5.56 Å². The zero-order chi connectivity index (χ0) is 12.3. The van der Waals surface area contributed by atoms with Gasteiger partial charge in [0, 0.05) is 0 Å². The number of aliphatic hydroxyl groups is 1. The maximum Gasteiger partial charge on any atom is 0.360 e. The lowest BCUT2D eigenvalue weighted by Gasteiger charge is -2.12. The minimum absolute atomic E-state index is 0.0842. The minimum Gasteiger partial charge on any atom is -0.494 e. The molecule has 1 aromatic heterocycles. The summed E-state index contributed by atoms with van der Waals surface area (Å²) in [5.41, 5.74) is 1.23. The van der Waals surface area contributed by atoms with E-state index in [2.05, 4.69) is 9.72 Å². The van der Waals surface area contributed by atoms with E-state index in [4.69, 9.17) is 4.74 Å². The van der Waals surface area contributed by atoms with Gasteiger partial charge in [0.25, 0.3) is 0 Å². The summed E-state index contributed by atoms with van der Waals surface area (Å²) in [6.45, 7) is 3.36. The molecule has 0 spiro atoms. The van der Waals surface area contributed by atoms with Crippen LogP contribution in [-0.2, 0) is 4.74 Å². The van der Waals surface area contributed by atoms with Gasteiger partial charge in [-0.2, -0.15) is 0 Å². The number of esters is 1. The second kappa shape index (κ2) is 4.94. The molecule has 1 rings (SSSR count). The number of aromatic nitrogens is 1. The zero-order valence-corrected chi connectivity index (χ0v) is 9.77. The Balaban J connectivity index is 3.36. The van der Waals surface area contributed by atoms with E-state index in [-0.39, 0.29) is 5.69 Å². The Morgan fingerprint density at radius 2 is 2.12 bits per heavy atom. The highest BCUT2D eigenvalue weighted by atomic mass is 16.5. The Bertz CT molecular complexity index is 401. The Hall–Kier alpha value is -1.62. The summed E-state index contributed by atoms with van der Waals surface area (Å²) in [7, 11) is 2.73. The largest absolute Gasteiger partial charge is 0.494 e. The molecule has 1 N–H and O–H groups in total. The molecule has 0 aliphatic carbocycles. The number of carbonyl (C=O) groups is 1. The first kappa shape index (κ1) is 12.4. The van der Waals surface area contributed by atoms with Gasteiger partial charge in [-0.05, 0) is 25.5 Å². The van der Waals surface area contributed by atoms with Crippen LogP contribution < -0.4 is 4.74 Å². The highest BCUT2D eigenvalue weighted by molar-refractivity contribution is 5.90. The predicted molar refractivity (Wildman–Crippen MR) is 57.5 cm³/mol. The standard InChI is InChI=1S/C11H15NO4/c1-6-5-8(7(2)13)12-9(10(6)15-3)11(14)16-4/h5,7,13H,1-4H3. The molecule has 1 atom stereocenters. The third-order valence-corrected chi connectivity index (χ3v) is 2.19. The molecule has 0 radical (unpaired) electrons. The average molecular weight is 225 g/mol. The smallest absolute Gasteiger partial charge is 0.360 e. The summed E-state index contributed by atoms with van der Waals surface area (Å²) >= 11 is 0. The molecule has 88 valence electrons. The van der Waals surface area contributed by atoms with Crippen LogP contribution in [0.4, 0.5) is 0 Å². The Kier molecular flexibility index (Phi) is 3.84. The topological polar surface area (TPSA) is 68.7 Å². The van der Waals surface area contributed by atoms with Gasteiger partial charge in [-0.3, -0.25) is 0 Å². The van der Waals surface area contributed by atoms with E-state index < -0.39 is 12.1 Å². The van der Waals surface area contributed by atoms with Crippen molar-refractivity contribution in [2.75, 3.05) is 14.2 Å². The third kappa shape index (κ3) is 2.30.